The van der Waals surface area contributed by atoms with E-state index >= 15 is 0 Å². The predicted octanol–water partition coefficient (Wildman–Crippen LogP) is 1.20. The van der Waals surface area contributed by atoms with Crippen LogP contribution in [-0.2, 0) is 13.6 Å². The summed E-state index contributed by atoms with van der Waals surface area (Å²) in [6.07, 6.45) is 3.61. The number of hydrogen-bond acceptors (Lipinski definition) is 5. The van der Waals surface area contributed by atoms with Crippen LogP contribution < -0.4 is 10.2 Å². The van der Waals surface area contributed by atoms with E-state index in [1.54, 1.807) is 6.20 Å². The Bertz CT molecular complexity index is 531. The lowest BCUT2D eigenvalue weighted by Crippen LogP contribution is -2.12. The Hall–Kier alpha value is -2.11. The average Bonchev–Trinajstić information content (AvgIpc) is 2.68. The smallest absolute Gasteiger partial charge is 0.224 e. The highest BCUT2D eigenvalue weighted by Crippen LogP contribution is 2.11. The van der Waals surface area contributed by atoms with Gasteiger partial charge in [0.15, 0.2) is 0 Å². The summed E-state index contributed by atoms with van der Waals surface area (Å²) in [7, 11) is 5.84. The summed E-state index contributed by atoms with van der Waals surface area (Å²) in [5.74, 6) is 1.51. The number of nitrogens with zero attached hydrogens (tertiary/aromatic N) is 5. The zero-order valence-electron chi connectivity index (χ0n) is 11.2. The second-order valence-electron chi connectivity index (χ2n) is 4.37. The minimum atomic E-state index is 0.629. The third-order valence-corrected chi connectivity index (χ3v) is 2.87. The van der Waals surface area contributed by atoms with Crippen LogP contribution in [-0.4, -0.2) is 33.8 Å². The van der Waals surface area contributed by atoms with E-state index in [0.717, 1.165) is 17.1 Å². The molecule has 0 fully saturated rings. The van der Waals surface area contributed by atoms with E-state index in [0.29, 0.717) is 12.5 Å². The number of anilines is 2. The molecule has 2 rings (SSSR count). The van der Waals surface area contributed by atoms with Gasteiger partial charge in [-0.15, -0.1) is 0 Å². The van der Waals surface area contributed by atoms with Gasteiger partial charge in [-0.1, -0.05) is 0 Å². The molecule has 0 saturated carbocycles. The van der Waals surface area contributed by atoms with Gasteiger partial charge < -0.3 is 10.2 Å². The molecule has 0 amide bonds. The fraction of sp³-hybridized carbons (Fsp3) is 0.417. The van der Waals surface area contributed by atoms with Gasteiger partial charge in [0.25, 0.3) is 0 Å². The molecule has 0 aliphatic heterocycles. The van der Waals surface area contributed by atoms with Gasteiger partial charge in [-0.2, -0.15) is 10.1 Å². The van der Waals surface area contributed by atoms with Gasteiger partial charge in [0, 0.05) is 45.1 Å². The first kappa shape index (κ1) is 12.3. The molecule has 96 valence electrons. The number of hydrogen-bond donors (Lipinski definition) is 1. The number of aromatic nitrogens is 4. The van der Waals surface area contributed by atoms with Crippen LogP contribution in [0.5, 0.6) is 0 Å². The summed E-state index contributed by atoms with van der Waals surface area (Å²) in [5, 5.41) is 7.41. The normalized spacial score (nSPS) is 10.4. The standard InChI is InChI=1S/C12H18N6/c1-9-10(8-15-18(9)4)7-14-12-13-6-5-11(16-12)17(2)3/h5-6,8H,7H2,1-4H3,(H,13,14,16). The predicted molar refractivity (Wildman–Crippen MR) is 71.6 cm³/mol. The molecule has 0 unspecified atom stereocenters. The first-order valence-corrected chi connectivity index (χ1v) is 5.79. The fourth-order valence-electron chi connectivity index (χ4n) is 1.58. The fourth-order valence-corrected chi connectivity index (χ4v) is 1.58. The molecule has 0 radical (unpaired) electrons. The van der Waals surface area contributed by atoms with Crippen molar-refractivity contribution < 1.29 is 0 Å². The van der Waals surface area contributed by atoms with E-state index in [-0.39, 0.29) is 0 Å². The lowest BCUT2D eigenvalue weighted by molar-refractivity contribution is 0.738. The van der Waals surface area contributed by atoms with Crippen LogP contribution in [0.25, 0.3) is 0 Å². The summed E-state index contributed by atoms with van der Waals surface area (Å²) in [6.45, 7) is 2.72. The lowest BCUT2D eigenvalue weighted by Gasteiger charge is -2.12. The monoisotopic (exact) mass is 246 g/mol. The summed E-state index contributed by atoms with van der Waals surface area (Å²) in [6, 6.07) is 1.88. The van der Waals surface area contributed by atoms with Crippen LogP contribution in [0.4, 0.5) is 11.8 Å². The van der Waals surface area contributed by atoms with E-state index in [9.17, 15) is 0 Å². The van der Waals surface area contributed by atoms with Crippen LogP contribution in [0.3, 0.4) is 0 Å². The first-order valence-electron chi connectivity index (χ1n) is 5.79. The Labute approximate surface area is 107 Å². The molecule has 0 atom stereocenters. The lowest BCUT2D eigenvalue weighted by atomic mass is 10.2. The zero-order valence-corrected chi connectivity index (χ0v) is 11.2. The van der Waals surface area contributed by atoms with Gasteiger partial charge >= 0.3 is 0 Å². The van der Waals surface area contributed by atoms with Crippen molar-refractivity contribution in [2.24, 2.45) is 7.05 Å². The van der Waals surface area contributed by atoms with Crippen molar-refractivity contribution in [3.05, 3.63) is 29.7 Å². The van der Waals surface area contributed by atoms with E-state index in [1.165, 1.54) is 0 Å². The Morgan fingerprint density at radius 1 is 1.39 bits per heavy atom. The Balaban J connectivity index is 2.06. The van der Waals surface area contributed by atoms with Gasteiger partial charge in [0.05, 0.1) is 6.20 Å². The van der Waals surface area contributed by atoms with Crippen molar-refractivity contribution >= 4 is 11.8 Å². The van der Waals surface area contributed by atoms with Gasteiger partial charge in [-0.05, 0) is 13.0 Å². The number of rotatable bonds is 4. The molecule has 0 aromatic carbocycles. The second kappa shape index (κ2) is 5.03. The SMILES string of the molecule is Cc1c(CNc2nccc(N(C)C)n2)cnn1C. The van der Waals surface area contributed by atoms with Crippen LogP contribution in [0.15, 0.2) is 18.5 Å². The molecule has 0 bridgehead atoms. The Morgan fingerprint density at radius 2 is 2.17 bits per heavy atom. The van der Waals surface area contributed by atoms with E-state index < -0.39 is 0 Å². The number of nitrogens with one attached hydrogen (secondary N) is 1. The average molecular weight is 246 g/mol. The van der Waals surface area contributed by atoms with E-state index in [1.807, 2.05) is 49.9 Å². The molecule has 2 heterocycles. The highest BCUT2D eigenvalue weighted by molar-refractivity contribution is 5.41. The molecule has 0 saturated heterocycles. The van der Waals surface area contributed by atoms with Crippen molar-refractivity contribution in [1.82, 2.24) is 19.7 Å². The van der Waals surface area contributed by atoms with E-state index in [4.69, 9.17) is 0 Å². The maximum atomic E-state index is 4.40. The van der Waals surface area contributed by atoms with Crippen molar-refractivity contribution in [1.29, 1.82) is 0 Å². The Kier molecular flexibility index (Phi) is 3.45. The molecule has 0 aliphatic rings. The van der Waals surface area contributed by atoms with Crippen LogP contribution in [0, 0.1) is 6.92 Å². The third kappa shape index (κ3) is 2.58. The van der Waals surface area contributed by atoms with Crippen molar-refractivity contribution in [2.75, 3.05) is 24.3 Å². The highest BCUT2D eigenvalue weighted by Gasteiger charge is 2.05. The molecular weight excluding hydrogens is 228 g/mol. The number of aryl methyl sites for hydroxylation is 1. The maximum absolute atomic E-state index is 4.40. The molecular formula is C12H18N6. The van der Waals surface area contributed by atoms with Crippen molar-refractivity contribution in [3.63, 3.8) is 0 Å². The van der Waals surface area contributed by atoms with Gasteiger partial charge in [-0.25, -0.2) is 4.98 Å². The third-order valence-electron chi connectivity index (χ3n) is 2.87. The largest absolute Gasteiger partial charge is 0.363 e. The topological polar surface area (TPSA) is 58.9 Å². The van der Waals surface area contributed by atoms with Gasteiger partial charge in [-0.3, -0.25) is 4.68 Å². The molecule has 6 heteroatoms. The Morgan fingerprint density at radius 3 is 2.78 bits per heavy atom. The molecule has 18 heavy (non-hydrogen) atoms. The molecule has 2 aromatic rings. The molecule has 0 aliphatic carbocycles. The molecule has 6 nitrogen and oxygen atoms in total. The minimum absolute atomic E-state index is 0.629. The van der Waals surface area contributed by atoms with Gasteiger partial charge in [0.1, 0.15) is 5.82 Å². The van der Waals surface area contributed by atoms with Crippen LogP contribution in [0.2, 0.25) is 0 Å². The first-order chi connectivity index (χ1) is 8.58. The summed E-state index contributed by atoms with van der Waals surface area (Å²) < 4.78 is 1.86. The summed E-state index contributed by atoms with van der Waals surface area (Å²) in [5.41, 5.74) is 2.29. The highest BCUT2D eigenvalue weighted by atomic mass is 15.3. The molecule has 0 spiro atoms. The van der Waals surface area contributed by atoms with Crippen LogP contribution >= 0.6 is 0 Å². The second-order valence-corrected chi connectivity index (χ2v) is 4.37. The summed E-state index contributed by atoms with van der Waals surface area (Å²) >= 11 is 0. The van der Waals surface area contributed by atoms with Crippen LogP contribution in [0.1, 0.15) is 11.3 Å². The van der Waals surface area contributed by atoms with Gasteiger partial charge in [0.2, 0.25) is 5.95 Å². The molecule has 1 N–H and O–H groups in total. The zero-order chi connectivity index (χ0) is 13.1. The minimum Gasteiger partial charge on any atom is -0.363 e. The van der Waals surface area contributed by atoms with E-state index in [2.05, 4.69) is 20.4 Å². The summed E-state index contributed by atoms with van der Waals surface area (Å²) in [4.78, 5) is 10.5. The van der Waals surface area contributed by atoms with Crippen molar-refractivity contribution in [2.45, 2.75) is 13.5 Å². The maximum Gasteiger partial charge on any atom is 0.224 e. The quantitative estimate of drug-likeness (QED) is 0.878. The molecule has 2 aromatic heterocycles. The van der Waals surface area contributed by atoms with Crippen molar-refractivity contribution in [3.8, 4) is 0 Å².